The molecule has 7 heteroatoms. The molecule has 6 nitrogen and oxygen atoms in total. The summed E-state index contributed by atoms with van der Waals surface area (Å²) in [5, 5.41) is 0. The Morgan fingerprint density at radius 2 is 1.93 bits per heavy atom. The Labute approximate surface area is 90.3 Å². The monoisotopic (exact) mass is 241 g/mol. The van der Waals surface area contributed by atoms with Crippen LogP contribution in [-0.4, -0.2) is 31.3 Å². The number of unbranched alkanes of at least 4 members (excludes halogenated alkanes) is 1. The average molecular weight is 241 g/mol. The van der Waals surface area contributed by atoms with Crippen LogP contribution in [0.3, 0.4) is 0 Å². The molecule has 0 aromatic carbocycles. The minimum Gasteiger partial charge on any atom is -0.466 e. The molecule has 0 fully saturated rings. The highest BCUT2D eigenvalue weighted by Gasteiger charge is 2.04. The Hall–Kier alpha value is -0.660. The lowest BCUT2D eigenvalue weighted by Crippen LogP contribution is -2.08. The van der Waals surface area contributed by atoms with Crippen LogP contribution in [-0.2, 0) is 19.6 Å². The van der Waals surface area contributed by atoms with Crippen LogP contribution in [0.25, 0.3) is 0 Å². The van der Waals surface area contributed by atoms with E-state index in [9.17, 15) is 13.2 Å². The molecule has 0 spiro atoms. The van der Waals surface area contributed by atoms with E-state index in [0.717, 1.165) is 6.42 Å². The molecule has 92 valence electrons. The molecule has 0 aliphatic heterocycles. The van der Waals surface area contributed by atoms with Gasteiger partial charge in [0.2, 0.25) is 0 Å². The lowest BCUT2D eigenvalue weighted by atomic mass is 10.3. The van der Waals surface area contributed by atoms with Gasteiger partial charge in [-0.25, -0.2) is 0 Å². The zero-order valence-corrected chi connectivity index (χ0v) is 9.75. The fourth-order valence-electron chi connectivity index (χ4n) is 0.849. The minimum atomic E-state index is -3.88. The highest BCUT2D eigenvalue weighted by Crippen LogP contribution is 1.97. The van der Waals surface area contributed by atoms with E-state index in [1.165, 1.54) is 0 Å². The molecular formula is C8H19NO5S. The quantitative estimate of drug-likeness (QED) is 0.392. The maximum Gasteiger partial charge on any atom is 0.305 e. The fourth-order valence-corrected chi connectivity index (χ4v) is 1.42. The second kappa shape index (κ2) is 8.63. The first-order chi connectivity index (χ1) is 6.45. The van der Waals surface area contributed by atoms with Crippen LogP contribution in [0.4, 0.5) is 0 Å². The number of hydrogen-bond donors (Lipinski definition) is 2. The van der Waals surface area contributed by atoms with Crippen LogP contribution in [0.5, 0.6) is 0 Å². The molecule has 0 bridgehead atoms. The van der Waals surface area contributed by atoms with Gasteiger partial charge in [-0.15, -0.1) is 0 Å². The summed E-state index contributed by atoms with van der Waals surface area (Å²) >= 11 is 0. The molecular weight excluding hydrogens is 222 g/mol. The topological polar surface area (TPSA) is 116 Å². The van der Waals surface area contributed by atoms with Crippen molar-refractivity contribution in [3.8, 4) is 0 Å². The summed E-state index contributed by atoms with van der Waals surface area (Å²) in [5.41, 5.74) is 0. The highest BCUT2D eigenvalue weighted by molar-refractivity contribution is 7.85. The van der Waals surface area contributed by atoms with Crippen LogP contribution < -0.4 is 6.15 Å². The number of esters is 1. The van der Waals surface area contributed by atoms with Gasteiger partial charge in [0.05, 0.1) is 12.4 Å². The molecule has 0 aliphatic rings. The summed E-state index contributed by atoms with van der Waals surface area (Å²) < 4.78 is 33.7. The van der Waals surface area contributed by atoms with Gasteiger partial charge in [-0.05, 0) is 19.3 Å². The van der Waals surface area contributed by atoms with Crippen molar-refractivity contribution >= 4 is 16.1 Å². The SMILES string of the molecule is CCCC(=O)OCCCCS(=O)(=O)O.N. The zero-order chi connectivity index (χ0) is 11.0. The van der Waals surface area contributed by atoms with Gasteiger partial charge >= 0.3 is 5.97 Å². The molecule has 0 amide bonds. The van der Waals surface area contributed by atoms with E-state index in [1.54, 1.807) is 0 Å². The molecule has 0 atom stereocenters. The van der Waals surface area contributed by atoms with E-state index in [1.807, 2.05) is 6.92 Å². The molecule has 15 heavy (non-hydrogen) atoms. The Balaban J connectivity index is 0. The predicted octanol–water partition coefficient (Wildman–Crippen LogP) is 1.16. The van der Waals surface area contributed by atoms with Crippen molar-refractivity contribution in [3.63, 3.8) is 0 Å². The van der Waals surface area contributed by atoms with E-state index in [4.69, 9.17) is 9.29 Å². The third-order valence-electron chi connectivity index (χ3n) is 1.51. The van der Waals surface area contributed by atoms with Crippen LogP contribution in [0, 0.1) is 0 Å². The van der Waals surface area contributed by atoms with Crippen LogP contribution in [0.1, 0.15) is 32.6 Å². The first-order valence-electron chi connectivity index (χ1n) is 4.56. The van der Waals surface area contributed by atoms with Crippen molar-refractivity contribution in [2.75, 3.05) is 12.4 Å². The molecule has 0 aromatic rings. The molecule has 4 N–H and O–H groups in total. The van der Waals surface area contributed by atoms with Gasteiger partial charge in [0, 0.05) is 6.42 Å². The van der Waals surface area contributed by atoms with Crippen molar-refractivity contribution in [1.82, 2.24) is 6.15 Å². The number of ether oxygens (including phenoxy) is 1. The summed E-state index contributed by atoms with van der Waals surface area (Å²) in [6, 6.07) is 0. The van der Waals surface area contributed by atoms with E-state index >= 15 is 0 Å². The summed E-state index contributed by atoms with van der Waals surface area (Å²) in [6.07, 6.45) is 1.88. The number of hydrogen-bond acceptors (Lipinski definition) is 5. The Morgan fingerprint density at radius 1 is 1.33 bits per heavy atom. The van der Waals surface area contributed by atoms with Crippen molar-refractivity contribution in [2.24, 2.45) is 0 Å². The van der Waals surface area contributed by atoms with Gasteiger partial charge in [0.15, 0.2) is 0 Å². The number of carbonyl (C=O) groups is 1. The normalized spacial score (nSPS) is 10.5. The highest BCUT2D eigenvalue weighted by atomic mass is 32.2. The lowest BCUT2D eigenvalue weighted by Gasteiger charge is -2.02. The maximum atomic E-state index is 10.8. The molecule has 0 heterocycles. The molecule has 0 aliphatic carbocycles. The van der Waals surface area contributed by atoms with Gasteiger partial charge in [-0.3, -0.25) is 9.35 Å². The van der Waals surface area contributed by atoms with Crippen molar-refractivity contribution in [3.05, 3.63) is 0 Å². The lowest BCUT2D eigenvalue weighted by molar-refractivity contribution is -0.143. The maximum absolute atomic E-state index is 10.8. The van der Waals surface area contributed by atoms with Gasteiger partial charge in [-0.1, -0.05) is 6.92 Å². The van der Waals surface area contributed by atoms with Crippen LogP contribution in [0.15, 0.2) is 0 Å². The Bertz CT molecular complexity index is 262. The molecule has 0 unspecified atom stereocenters. The van der Waals surface area contributed by atoms with E-state index < -0.39 is 10.1 Å². The average Bonchev–Trinajstić information content (AvgIpc) is 2.02. The summed E-state index contributed by atoms with van der Waals surface area (Å²) in [7, 11) is -3.88. The third kappa shape index (κ3) is 13.3. The molecule has 0 rings (SSSR count). The molecule has 0 radical (unpaired) electrons. The predicted molar refractivity (Wildman–Crippen MR) is 56.5 cm³/mol. The minimum absolute atomic E-state index is 0. The summed E-state index contributed by atoms with van der Waals surface area (Å²) in [5.74, 6) is -0.544. The van der Waals surface area contributed by atoms with E-state index in [2.05, 4.69) is 0 Å². The largest absolute Gasteiger partial charge is 0.466 e. The summed E-state index contributed by atoms with van der Waals surface area (Å²) in [4.78, 5) is 10.8. The van der Waals surface area contributed by atoms with Crippen LogP contribution >= 0.6 is 0 Å². The van der Waals surface area contributed by atoms with Crippen molar-refractivity contribution in [1.29, 1.82) is 0 Å². The smallest absolute Gasteiger partial charge is 0.305 e. The van der Waals surface area contributed by atoms with Gasteiger partial charge in [-0.2, -0.15) is 8.42 Å². The molecule has 0 saturated heterocycles. The summed E-state index contributed by atoms with van der Waals surface area (Å²) in [6.45, 7) is 2.09. The van der Waals surface area contributed by atoms with Crippen LogP contribution in [0.2, 0.25) is 0 Å². The third-order valence-corrected chi connectivity index (χ3v) is 2.32. The molecule has 0 aromatic heterocycles. The van der Waals surface area contributed by atoms with E-state index in [0.29, 0.717) is 19.3 Å². The zero-order valence-electron chi connectivity index (χ0n) is 8.94. The first-order valence-corrected chi connectivity index (χ1v) is 6.17. The molecule has 0 saturated carbocycles. The number of rotatable bonds is 7. The van der Waals surface area contributed by atoms with Gasteiger partial charge in [0.25, 0.3) is 10.1 Å². The fraction of sp³-hybridized carbons (Fsp3) is 0.875. The Morgan fingerprint density at radius 3 is 2.40 bits per heavy atom. The van der Waals surface area contributed by atoms with E-state index in [-0.39, 0.29) is 24.5 Å². The first kappa shape index (κ1) is 16.8. The Kier molecular flexibility index (Phi) is 9.64. The van der Waals surface area contributed by atoms with Gasteiger partial charge < -0.3 is 10.9 Å². The van der Waals surface area contributed by atoms with Crippen molar-refractivity contribution < 1.29 is 22.5 Å². The van der Waals surface area contributed by atoms with Gasteiger partial charge in [0.1, 0.15) is 0 Å². The van der Waals surface area contributed by atoms with Crippen molar-refractivity contribution in [2.45, 2.75) is 32.6 Å². The number of carbonyl (C=O) groups excluding carboxylic acids is 1. The second-order valence-corrected chi connectivity index (χ2v) is 4.54. The second-order valence-electron chi connectivity index (χ2n) is 2.96. The standard InChI is InChI=1S/C8H16O5S.H3N/c1-2-5-8(9)13-6-3-4-7-14(10,11)12;/h2-7H2,1H3,(H,10,11,12);1H3.